The number of hydrogen-bond donors (Lipinski definition) is 3. The van der Waals surface area contributed by atoms with Crippen LogP contribution in [-0.4, -0.2) is 21.8 Å². The molecule has 0 fully saturated rings. The highest BCUT2D eigenvalue weighted by Gasteiger charge is 2.35. The van der Waals surface area contributed by atoms with Crippen LogP contribution in [0.15, 0.2) is 54.6 Å². The first-order valence-corrected chi connectivity index (χ1v) is 10.5. The third-order valence-corrected chi connectivity index (χ3v) is 5.61. The zero-order valence-electron chi connectivity index (χ0n) is 18.4. The van der Waals surface area contributed by atoms with E-state index in [1.165, 1.54) is 24.3 Å². The van der Waals surface area contributed by atoms with Crippen molar-refractivity contribution in [3.8, 4) is 0 Å². The Hall–Kier alpha value is -3.56. The van der Waals surface area contributed by atoms with Gasteiger partial charge in [0.2, 0.25) is 0 Å². The molecule has 6 nitrogen and oxygen atoms in total. The zero-order chi connectivity index (χ0) is 24.6. The van der Waals surface area contributed by atoms with Crippen molar-refractivity contribution < 1.29 is 22.8 Å². The number of nitrogens with one attached hydrogen (secondary N) is 3. The van der Waals surface area contributed by atoms with Gasteiger partial charge < -0.3 is 15.6 Å². The second kappa shape index (κ2) is 9.97. The molecule has 0 radical (unpaired) electrons. The molecule has 0 saturated carbocycles. The number of fused-ring (bicyclic) bond motifs is 1. The molecule has 4 rings (SSSR count). The molecule has 182 valence electrons. The highest BCUT2D eigenvalue weighted by molar-refractivity contribution is 6.31. The third-order valence-electron chi connectivity index (χ3n) is 5.20. The lowest BCUT2D eigenvalue weighted by Crippen LogP contribution is -2.19. The third kappa shape index (κ3) is 5.41. The number of aryl methyl sites for hydroxylation is 1. The first kappa shape index (κ1) is 26.1. The van der Waals surface area contributed by atoms with Gasteiger partial charge in [0.25, 0.3) is 11.8 Å². The van der Waals surface area contributed by atoms with Gasteiger partial charge in [-0.3, -0.25) is 9.59 Å². The number of amides is 2. The smallest absolute Gasteiger partial charge is 0.342 e. The van der Waals surface area contributed by atoms with E-state index < -0.39 is 29.1 Å². The largest absolute Gasteiger partial charge is 0.417 e. The summed E-state index contributed by atoms with van der Waals surface area (Å²) in [4.78, 5) is 33.2. The van der Waals surface area contributed by atoms with Crippen molar-refractivity contribution >= 4 is 58.2 Å². The number of carbonyl (C=O) groups excluding carboxylic acids is 2. The van der Waals surface area contributed by atoms with Crippen LogP contribution in [0.1, 0.15) is 37.7 Å². The van der Waals surface area contributed by atoms with Gasteiger partial charge in [0.05, 0.1) is 22.2 Å². The summed E-state index contributed by atoms with van der Waals surface area (Å²) < 4.78 is 40.0. The van der Waals surface area contributed by atoms with Crippen LogP contribution >= 0.6 is 24.0 Å². The Balaban J connectivity index is 0.00000342. The maximum absolute atomic E-state index is 13.3. The monoisotopic (exact) mass is 522 g/mol. The van der Waals surface area contributed by atoms with E-state index in [9.17, 15) is 22.8 Å². The van der Waals surface area contributed by atoms with E-state index in [2.05, 4.69) is 20.6 Å². The minimum absolute atomic E-state index is 0. The lowest BCUT2D eigenvalue weighted by Gasteiger charge is -2.14. The standard InChI is InChI=1S/C24H18ClF3N4O2.ClH/c1-12-18(25)8-5-9-19(12)32-23(34)16-10-14(11-20-21(16)30-13(2)29-20)31-22(33)15-6-3-4-7-17(15)24(26,27)28;/h3-11H,1-2H3,(H,29,30)(H,31,33)(H,32,34);1H. The number of nitrogens with zero attached hydrogens (tertiary/aromatic N) is 1. The molecular formula is C24H19Cl2F3N4O2. The lowest BCUT2D eigenvalue weighted by molar-refractivity contribution is -0.137. The number of H-pyrrole nitrogens is 1. The number of benzene rings is 3. The number of anilines is 2. The molecular weight excluding hydrogens is 504 g/mol. The van der Waals surface area contributed by atoms with E-state index in [0.29, 0.717) is 33.1 Å². The molecule has 0 aliphatic rings. The highest BCUT2D eigenvalue weighted by atomic mass is 35.5. The van der Waals surface area contributed by atoms with E-state index in [0.717, 1.165) is 12.1 Å². The average molecular weight is 523 g/mol. The predicted octanol–water partition coefficient (Wildman–Crippen LogP) is 6.78. The summed E-state index contributed by atoms with van der Waals surface area (Å²) in [5.41, 5.74) is 0.617. The minimum atomic E-state index is -4.70. The molecule has 1 aromatic heterocycles. The maximum atomic E-state index is 13.3. The fraction of sp³-hybridized carbons (Fsp3) is 0.125. The Morgan fingerprint density at radius 2 is 1.63 bits per heavy atom. The van der Waals surface area contributed by atoms with Crippen LogP contribution < -0.4 is 10.6 Å². The molecule has 0 spiro atoms. The van der Waals surface area contributed by atoms with Crippen LogP contribution in [-0.2, 0) is 6.18 Å². The zero-order valence-corrected chi connectivity index (χ0v) is 20.0. The van der Waals surface area contributed by atoms with Gasteiger partial charge in [0, 0.05) is 16.4 Å². The van der Waals surface area contributed by atoms with Crippen molar-refractivity contribution in [2.45, 2.75) is 20.0 Å². The first-order chi connectivity index (χ1) is 16.0. The number of aromatic amines is 1. The number of alkyl halides is 3. The molecule has 4 aromatic rings. The van der Waals surface area contributed by atoms with Crippen LogP contribution in [0.4, 0.5) is 24.5 Å². The SMILES string of the molecule is Cc1nc2c(C(=O)Nc3cccc(Cl)c3C)cc(NC(=O)c3ccccc3C(F)(F)F)cc2[nH]1.Cl. The fourth-order valence-corrected chi connectivity index (χ4v) is 3.72. The number of imidazole rings is 1. The van der Waals surface area contributed by atoms with E-state index >= 15 is 0 Å². The van der Waals surface area contributed by atoms with Crippen LogP contribution in [0.25, 0.3) is 11.0 Å². The molecule has 0 saturated heterocycles. The van der Waals surface area contributed by atoms with Crippen LogP contribution in [0.5, 0.6) is 0 Å². The van der Waals surface area contributed by atoms with Crippen molar-refractivity contribution in [1.29, 1.82) is 0 Å². The molecule has 0 aliphatic carbocycles. The Morgan fingerprint density at radius 3 is 2.34 bits per heavy atom. The van der Waals surface area contributed by atoms with E-state index in [1.54, 1.807) is 32.0 Å². The number of rotatable bonds is 4. The first-order valence-electron chi connectivity index (χ1n) is 10.1. The number of carbonyl (C=O) groups is 2. The highest BCUT2D eigenvalue weighted by Crippen LogP contribution is 2.33. The summed E-state index contributed by atoms with van der Waals surface area (Å²) >= 11 is 6.13. The topological polar surface area (TPSA) is 86.9 Å². The lowest BCUT2D eigenvalue weighted by atomic mass is 10.1. The molecule has 35 heavy (non-hydrogen) atoms. The molecule has 0 atom stereocenters. The predicted molar refractivity (Wildman–Crippen MR) is 132 cm³/mol. The number of aromatic nitrogens is 2. The van der Waals surface area contributed by atoms with E-state index in [-0.39, 0.29) is 23.7 Å². The maximum Gasteiger partial charge on any atom is 0.417 e. The summed E-state index contributed by atoms with van der Waals surface area (Å²) in [5, 5.41) is 5.71. The molecule has 3 aromatic carbocycles. The molecule has 3 N–H and O–H groups in total. The van der Waals surface area contributed by atoms with Gasteiger partial charge in [-0.2, -0.15) is 13.2 Å². The Labute approximate surface area is 209 Å². The number of hydrogen-bond acceptors (Lipinski definition) is 3. The molecule has 1 heterocycles. The van der Waals surface area contributed by atoms with Crippen molar-refractivity contribution in [1.82, 2.24) is 9.97 Å². The fourth-order valence-electron chi connectivity index (χ4n) is 3.55. The summed E-state index contributed by atoms with van der Waals surface area (Å²) in [6, 6.07) is 12.4. The Bertz CT molecular complexity index is 1430. The second-order valence-corrected chi connectivity index (χ2v) is 8.01. The van der Waals surface area contributed by atoms with Gasteiger partial charge >= 0.3 is 6.18 Å². The van der Waals surface area contributed by atoms with Gasteiger partial charge in [-0.05, 0) is 55.8 Å². The second-order valence-electron chi connectivity index (χ2n) is 7.61. The van der Waals surface area contributed by atoms with Gasteiger partial charge in [0.1, 0.15) is 11.3 Å². The van der Waals surface area contributed by atoms with Gasteiger partial charge in [-0.15, -0.1) is 12.4 Å². The molecule has 11 heteroatoms. The number of halogens is 5. The van der Waals surface area contributed by atoms with Crippen molar-refractivity contribution in [2.75, 3.05) is 10.6 Å². The van der Waals surface area contributed by atoms with Crippen LogP contribution in [0, 0.1) is 13.8 Å². The van der Waals surface area contributed by atoms with Gasteiger partial charge in [-0.25, -0.2) is 4.98 Å². The van der Waals surface area contributed by atoms with Crippen molar-refractivity contribution in [3.63, 3.8) is 0 Å². The minimum Gasteiger partial charge on any atom is -0.342 e. The molecule has 0 unspecified atom stereocenters. The molecule has 0 bridgehead atoms. The quantitative estimate of drug-likeness (QED) is 0.276. The average Bonchev–Trinajstić information content (AvgIpc) is 3.15. The van der Waals surface area contributed by atoms with E-state index in [1.807, 2.05) is 0 Å². The Morgan fingerprint density at radius 1 is 0.943 bits per heavy atom. The molecule has 0 aliphatic heterocycles. The van der Waals surface area contributed by atoms with Crippen molar-refractivity contribution in [3.05, 3.63) is 87.7 Å². The van der Waals surface area contributed by atoms with Crippen LogP contribution in [0.3, 0.4) is 0 Å². The molecule has 2 amide bonds. The summed E-state index contributed by atoms with van der Waals surface area (Å²) in [5.74, 6) is -0.955. The summed E-state index contributed by atoms with van der Waals surface area (Å²) in [6.07, 6.45) is -4.70. The Kier molecular flexibility index (Phi) is 7.42. The van der Waals surface area contributed by atoms with E-state index in [4.69, 9.17) is 11.6 Å². The van der Waals surface area contributed by atoms with Crippen LogP contribution in [0.2, 0.25) is 5.02 Å². The summed E-state index contributed by atoms with van der Waals surface area (Å²) in [7, 11) is 0. The summed E-state index contributed by atoms with van der Waals surface area (Å²) in [6.45, 7) is 3.45. The van der Waals surface area contributed by atoms with Crippen molar-refractivity contribution in [2.24, 2.45) is 0 Å². The van der Waals surface area contributed by atoms with Gasteiger partial charge in [0.15, 0.2) is 0 Å². The van der Waals surface area contributed by atoms with Gasteiger partial charge in [-0.1, -0.05) is 29.8 Å². The normalized spacial score (nSPS) is 11.1.